The van der Waals surface area contributed by atoms with Crippen LogP contribution in [0.25, 0.3) is 0 Å². The minimum atomic E-state index is -0.613. The molecule has 0 fully saturated rings. The Labute approximate surface area is 130 Å². The molecular formula is C15H21ClN2O3. The summed E-state index contributed by atoms with van der Waals surface area (Å²) in [6.07, 6.45) is 0.700. The van der Waals surface area contributed by atoms with Crippen molar-refractivity contribution in [1.29, 1.82) is 0 Å². The third-order valence-electron chi connectivity index (χ3n) is 2.72. The zero-order valence-corrected chi connectivity index (χ0v) is 13.1. The first-order valence-corrected chi connectivity index (χ1v) is 7.37. The molecule has 5 nitrogen and oxygen atoms in total. The molecule has 1 rings (SSSR count). The van der Waals surface area contributed by atoms with Crippen LogP contribution in [0.5, 0.6) is 5.75 Å². The predicted octanol–water partition coefficient (Wildman–Crippen LogP) is 2.14. The summed E-state index contributed by atoms with van der Waals surface area (Å²) in [5.74, 6) is 0.352. The lowest BCUT2D eigenvalue weighted by molar-refractivity contribution is -0.127. The fourth-order valence-corrected chi connectivity index (χ4v) is 1.74. The number of benzene rings is 1. The van der Waals surface area contributed by atoms with Crippen molar-refractivity contribution in [2.24, 2.45) is 0 Å². The lowest BCUT2D eigenvalue weighted by atomic mass is 10.3. The van der Waals surface area contributed by atoms with Crippen molar-refractivity contribution in [2.45, 2.75) is 32.8 Å². The van der Waals surface area contributed by atoms with Crippen LogP contribution in [0.4, 0.5) is 0 Å². The second-order valence-electron chi connectivity index (χ2n) is 4.60. The highest BCUT2D eigenvalue weighted by Gasteiger charge is 2.13. The largest absolute Gasteiger partial charge is 0.481 e. The molecule has 21 heavy (non-hydrogen) atoms. The van der Waals surface area contributed by atoms with Crippen molar-refractivity contribution in [3.63, 3.8) is 0 Å². The van der Waals surface area contributed by atoms with Crippen molar-refractivity contribution in [3.8, 4) is 5.75 Å². The summed E-state index contributed by atoms with van der Waals surface area (Å²) < 4.78 is 5.49. The molecule has 1 aromatic carbocycles. The summed E-state index contributed by atoms with van der Waals surface area (Å²) in [4.78, 5) is 23.0. The molecule has 0 aliphatic carbocycles. The fraction of sp³-hybridized carbons (Fsp3) is 0.467. The smallest absolute Gasteiger partial charge is 0.260 e. The number of carbonyl (C=O) groups is 2. The Morgan fingerprint density at radius 3 is 2.43 bits per heavy atom. The summed E-state index contributed by atoms with van der Waals surface area (Å²) in [7, 11) is 0. The standard InChI is InChI=1S/C15H21ClN2O3/c1-3-4-14(19)17-9-10-18-15(20)11(2)21-13-7-5-12(16)6-8-13/h5-8,11H,3-4,9-10H2,1-2H3,(H,17,19)(H,18,20). The zero-order chi connectivity index (χ0) is 15.7. The van der Waals surface area contributed by atoms with Crippen LogP contribution >= 0.6 is 11.6 Å². The van der Waals surface area contributed by atoms with Gasteiger partial charge in [0, 0.05) is 24.5 Å². The van der Waals surface area contributed by atoms with E-state index in [0.717, 1.165) is 6.42 Å². The highest BCUT2D eigenvalue weighted by Crippen LogP contribution is 2.16. The Hall–Kier alpha value is -1.75. The van der Waals surface area contributed by atoms with Crippen molar-refractivity contribution in [3.05, 3.63) is 29.3 Å². The molecule has 0 saturated carbocycles. The molecule has 116 valence electrons. The van der Waals surface area contributed by atoms with Crippen LogP contribution in [0.1, 0.15) is 26.7 Å². The van der Waals surface area contributed by atoms with Gasteiger partial charge in [-0.15, -0.1) is 0 Å². The molecular weight excluding hydrogens is 292 g/mol. The molecule has 0 spiro atoms. The van der Waals surface area contributed by atoms with Gasteiger partial charge in [-0.05, 0) is 37.6 Å². The van der Waals surface area contributed by atoms with Gasteiger partial charge < -0.3 is 15.4 Å². The van der Waals surface area contributed by atoms with E-state index in [0.29, 0.717) is 30.3 Å². The molecule has 0 aromatic heterocycles. The third kappa shape index (κ3) is 6.99. The van der Waals surface area contributed by atoms with Crippen LogP contribution in [-0.4, -0.2) is 31.0 Å². The first kappa shape index (κ1) is 17.3. The van der Waals surface area contributed by atoms with Crippen LogP contribution in [0.15, 0.2) is 24.3 Å². The van der Waals surface area contributed by atoms with Gasteiger partial charge in [0.25, 0.3) is 5.91 Å². The Balaban J connectivity index is 2.25. The van der Waals surface area contributed by atoms with Crippen LogP contribution < -0.4 is 15.4 Å². The second kappa shape index (κ2) is 9.23. The molecule has 1 atom stereocenters. The number of ether oxygens (including phenoxy) is 1. The molecule has 6 heteroatoms. The number of hydrogen-bond donors (Lipinski definition) is 2. The normalized spacial score (nSPS) is 11.6. The number of carbonyl (C=O) groups excluding carboxylic acids is 2. The lowest BCUT2D eigenvalue weighted by Gasteiger charge is -2.15. The fourth-order valence-electron chi connectivity index (χ4n) is 1.62. The number of halogens is 1. The van der Waals surface area contributed by atoms with E-state index in [1.807, 2.05) is 6.92 Å². The average Bonchev–Trinajstić information content (AvgIpc) is 2.46. The number of nitrogens with one attached hydrogen (secondary N) is 2. The number of rotatable bonds is 8. The Morgan fingerprint density at radius 2 is 1.81 bits per heavy atom. The highest BCUT2D eigenvalue weighted by molar-refractivity contribution is 6.30. The van der Waals surface area contributed by atoms with Crippen LogP contribution in [0.3, 0.4) is 0 Å². The topological polar surface area (TPSA) is 67.4 Å². The SMILES string of the molecule is CCCC(=O)NCCNC(=O)C(C)Oc1ccc(Cl)cc1. The van der Waals surface area contributed by atoms with E-state index in [1.54, 1.807) is 31.2 Å². The van der Waals surface area contributed by atoms with E-state index in [-0.39, 0.29) is 11.8 Å². The molecule has 1 aromatic rings. The quantitative estimate of drug-likeness (QED) is 0.723. The highest BCUT2D eigenvalue weighted by atomic mass is 35.5. The Kier molecular flexibility index (Phi) is 7.61. The van der Waals surface area contributed by atoms with Crippen LogP contribution in [0.2, 0.25) is 5.02 Å². The third-order valence-corrected chi connectivity index (χ3v) is 2.97. The average molecular weight is 313 g/mol. The summed E-state index contributed by atoms with van der Waals surface area (Å²) >= 11 is 5.77. The van der Waals surface area contributed by atoms with Gasteiger partial charge in [0.2, 0.25) is 5.91 Å². The summed E-state index contributed by atoms with van der Waals surface area (Å²) in [6.45, 7) is 4.40. The maximum absolute atomic E-state index is 11.8. The Bertz CT molecular complexity index is 462. The second-order valence-corrected chi connectivity index (χ2v) is 5.04. The van der Waals surface area contributed by atoms with Crippen LogP contribution in [0, 0.1) is 0 Å². The predicted molar refractivity (Wildman–Crippen MR) is 82.5 cm³/mol. The lowest BCUT2D eigenvalue weighted by Crippen LogP contribution is -2.40. The summed E-state index contributed by atoms with van der Waals surface area (Å²) in [6, 6.07) is 6.81. The first-order valence-electron chi connectivity index (χ1n) is 6.99. The molecule has 1 unspecified atom stereocenters. The van der Waals surface area contributed by atoms with Gasteiger partial charge in [0.15, 0.2) is 6.10 Å². The molecule has 2 N–H and O–H groups in total. The van der Waals surface area contributed by atoms with Crippen molar-refractivity contribution in [1.82, 2.24) is 10.6 Å². The van der Waals surface area contributed by atoms with Crippen LogP contribution in [-0.2, 0) is 9.59 Å². The van der Waals surface area contributed by atoms with Gasteiger partial charge in [-0.2, -0.15) is 0 Å². The van der Waals surface area contributed by atoms with E-state index >= 15 is 0 Å². The van der Waals surface area contributed by atoms with E-state index in [4.69, 9.17) is 16.3 Å². The van der Waals surface area contributed by atoms with E-state index in [9.17, 15) is 9.59 Å². The zero-order valence-electron chi connectivity index (χ0n) is 12.3. The molecule has 0 heterocycles. The first-order chi connectivity index (χ1) is 10.0. The molecule has 0 bridgehead atoms. The molecule has 0 saturated heterocycles. The maximum atomic E-state index is 11.8. The minimum absolute atomic E-state index is 0.00258. The molecule has 0 aliphatic heterocycles. The van der Waals surface area contributed by atoms with Crippen molar-refractivity contribution >= 4 is 23.4 Å². The van der Waals surface area contributed by atoms with E-state index in [2.05, 4.69) is 10.6 Å². The monoisotopic (exact) mass is 312 g/mol. The summed E-state index contributed by atoms with van der Waals surface area (Å²) in [5, 5.41) is 6.04. The minimum Gasteiger partial charge on any atom is -0.481 e. The van der Waals surface area contributed by atoms with E-state index in [1.165, 1.54) is 0 Å². The number of hydrogen-bond acceptors (Lipinski definition) is 3. The van der Waals surface area contributed by atoms with Gasteiger partial charge in [0.05, 0.1) is 0 Å². The van der Waals surface area contributed by atoms with Crippen molar-refractivity contribution < 1.29 is 14.3 Å². The molecule has 2 amide bonds. The van der Waals surface area contributed by atoms with E-state index < -0.39 is 6.10 Å². The van der Waals surface area contributed by atoms with Crippen molar-refractivity contribution in [2.75, 3.05) is 13.1 Å². The maximum Gasteiger partial charge on any atom is 0.260 e. The van der Waals surface area contributed by atoms with Gasteiger partial charge in [-0.25, -0.2) is 0 Å². The molecule has 0 radical (unpaired) electrons. The van der Waals surface area contributed by atoms with Gasteiger partial charge in [-0.3, -0.25) is 9.59 Å². The number of amides is 2. The van der Waals surface area contributed by atoms with Gasteiger partial charge in [0.1, 0.15) is 5.75 Å². The summed E-state index contributed by atoms with van der Waals surface area (Å²) in [5.41, 5.74) is 0. The molecule has 0 aliphatic rings. The Morgan fingerprint density at radius 1 is 1.19 bits per heavy atom. The van der Waals surface area contributed by atoms with Gasteiger partial charge >= 0.3 is 0 Å². The van der Waals surface area contributed by atoms with Gasteiger partial charge in [-0.1, -0.05) is 18.5 Å².